The lowest BCUT2D eigenvalue weighted by Gasteiger charge is -2.18. The number of carbonyl (C=O) groups is 1. The first-order valence-electron chi connectivity index (χ1n) is 7.36. The average Bonchev–Trinajstić information content (AvgIpc) is 2.56. The summed E-state index contributed by atoms with van der Waals surface area (Å²) in [4.78, 5) is 14.1. The van der Waals surface area contributed by atoms with Gasteiger partial charge in [0.25, 0.3) is 5.91 Å². The molecule has 0 unspecified atom stereocenters. The highest BCUT2D eigenvalue weighted by Gasteiger charge is 2.13. The number of methoxy groups -OCH3 is 1. The van der Waals surface area contributed by atoms with Gasteiger partial charge in [0, 0.05) is 23.6 Å². The summed E-state index contributed by atoms with van der Waals surface area (Å²) in [6, 6.07) is 13.1. The molecular formula is C18H20BrNO3. The molecule has 5 heteroatoms. The summed E-state index contributed by atoms with van der Waals surface area (Å²) in [5.74, 6) is 1.36. The van der Waals surface area contributed by atoms with Crippen LogP contribution in [0.5, 0.6) is 11.5 Å². The molecular weight excluding hydrogens is 358 g/mol. The minimum Gasteiger partial charge on any atom is -0.493 e. The van der Waals surface area contributed by atoms with Crippen molar-refractivity contribution in [1.29, 1.82) is 0 Å². The summed E-state index contributed by atoms with van der Waals surface area (Å²) < 4.78 is 11.8. The van der Waals surface area contributed by atoms with Crippen molar-refractivity contribution >= 4 is 21.8 Å². The van der Waals surface area contributed by atoms with Crippen LogP contribution < -0.4 is 9.47 Å². The number of rotatable bonds is 6. The zero-order chi connectivity index (χ0) is 16.8. The number of halogens is 1. The Labute approximate surface area is 145 Å². The minimum absolute atomic E-state index is 0.0228. The standard InChI is InChI=1S/C18H20BrNO3/c1-4-23-16-10-5-13(11-17(16)22-3)12-20(2)18(21)14-6-8-15(19)9-7-14/h5-11H,4,12H2,1-3H3. The molecule has 0 saturated heterocycles. The smallest absolute Gasteiger partial charge is 0.253 e. The first kappa shape index (κ1) is 17.3. The summed E-state index contributed by atoms with van der Waals surface area (Å²) in [6.07, 6.45) is 0. The Morgan fingerprint density at radius 2 is 1.83 bits per heavy atom. The third-order valence-corrected chi connectivity index (χ3v) is 3.91. The van der Waals surface area contributed by atoms with Crippen molar-refractivity contribution in [3.05, 3.63) is 58.1 Å². The SMILES string of the molecule is CCOc1ccc(CN(C)C(=O)c2ccc(Br)cc2)cc1OC. The maximum absolute atomic E-state index is 12.4. The summed E-state index contributed by atoms with van der Waals surface area (Å²) >= 11 is 3.37. The van der Waals surface area contributed by atoms with E-state index in [1.807, 2.05) is 49.4 Å². The quantitative estimate of drug-likeness (QED) is 0.759. The summed E-state index contributed by atoms with van der Waals surface area (Å²) in [6.45, 7) is 3.01. The highest BCUT2D eigenvalue weighted by atomic mass is 79.9. The van der Waals surface area contributed by atoms with Gasteiger partial charge >= 0.3 is 0 Å². The third-order valence-electron chi connectivity index (χ3n) is 3.39. The molecule has 1 amide bonds. The summed E-state index contributed by atoms with van der Waals surface area (Å²) in [5, 5.41) is 0. The lowest BCUT2D eigenvalue weighted by Crippen LogP contribution is -2.26. The number of hydrogen-bond donors (Lipinski definition) is 0. The molecule has 122 valence electrons. The van der Waals surface area contributed by atoms with Crippen LogP contribution in [-0.2, 0) is 6.54 Å². The predicted octanol–water partition coefficient (Wildman–Crippen LogP) is 4.13. The van der Waals surface area contributed by atoms with E-state index in [2.05, 4.69) is 15.9 Å². The first-order valence-corrected chi connectivity index (χ1v) is 8.15. The van der Waals surface area contributed by atoms with Crippen molar-refractivity contribution in [1.82, 2.24) is 4.90 Å². The van der Waals surface area contributed by atoms with E-state index >= 15 is 0 Å². The van der Waals surface area contributed by atoms with E-state index in [0.717, 1.165) is 10.0 Å². The minimum atomic E-state index is -0.0228. The molecule has 0 aliphatic heterocycles. The van der Waals surface area contributed by atoms with Gasteiger partial charge in [-0.1, -0.05) is 22.0 Å². The fourth-order valence-electron chi connectivity index (χ4n) is 2.24. The fourth-order valence-corrected chi connectivity index (χ4v) is 2.51. The number of nitrogens with zero attached hydrogens (tertiary/aromatic N) is 1. The van der Waals surface area contributed by atoms with Crippen molar-refractivity contribution in [2.75, 3.05) is 20.8 Å². The molecule has 0 radical (unpaired) electrons. The molecule has 23 heavy (non-hydrogen) atoms. The second kappa shape index (κ2) is 8.02. The van der Waals surface area contributed by atoms with Gasteiger partial charge in [-0.2, -0.15) is 0 Å². The lowest BCUT2D eigenvalue weighted by atomic mass is 10.1. The fraction of sp³-hybridized carbons (Fsp3) is 0.278. The lowest BCUT2D eigenvalue weighted by molar-refractivity contribution is 0.0785. The van der Waals surface area contributed by atoms with Gasteiger partial charge in [0.15, 0.2) is 11.5 Å². The van der Waals surface area contributed by atoms with Crippen LogP contribution >= 0.6 is 15.9 Å². The van der Waals surface area contributed by atoms with Gasteiger partial charge in [0.1, 0.15) is 0 Å². The number of benzene rings is 2. The number of carbonyl (C=O) groups excluding carboxylic acids is 1. The normalized spacial score (nSPS) is 10.3. The molecule has 0 atom stereocenters. The molecule has 0 fully saturated rings. The average molecular weight is 378 g/mol. The van der Waals surface area contributed by atoms with Gasteiger partial charge in [-0.05, 0) is 48.9 Å². The largest absolute Gasteiger partial charge is 0.493 e. The van der Waals surface area contributed by atoms with E-state index in [0.29, 0.717) is 30.2 Å². The Kier molecular flexibility index (Phi) is 6.04. The number of amides is 1. The second-order valence-electron chi connectivity index (χ2n) is 5.09. The third kappa shape index (κ3) is 4.48. The van der Waals surface area contributed by atoms with Crippen LogP contribution in [0.25, 0.3) is 0 Å². The molecule has 0 heterocycles. The van der Waals surface area contributed by atoms with E-state index < -0.39 is 0 Å². The van der Waals surface area contributed by atoms with E-state index in [1.54, 1.807) is 19.1 Å². The zero-order valence-corrected chi connectivity index (χ0v) is 15.1. The molecule has 0 spiro atoms. The summed E-state index contributed by atoms with van der Waals surface area (Å²) in [5.41, 5.74) is 1.65. The summed E-state index contributed by atoms with van der Waals surface area (Å²) in [7, 11) is 3.39. The van der Waals surface area contributed by atoms with Crippen LogP contribution in [0.15, 0.2) is 46.9 Å². The monoisotopic (exact) mass is 377 g/mol. The van der Waals surface area contributed by atoms with Gasteiger partial charge in [-0.25, -0.2) is 0 Å². The zero-order valence-electron chi connectivity index (χ0n) is 13.5. The molecule has 0 aliphatic rings. The van der Waals surface area contributed by atoms with Gasteiger partial charge in [-0.3, -0.25) is 4.79 Å². The molecule has 0 aliphatic carbocycles. The van der Waals surface area contributed by atoms with Gasteiger partial charge in [0.2, 0.25) is 0 Å². The highest BCUT2D eigenvalue weighted by molar-refractivity contribution is 9.10. The van der Waals surface area contributed by atoms with Crippen LogP contribution in [0, 0.1) is 0 Å². The number of hydrogen-bond acceptors (Lipinski definition) is 3. The Bertz CT molecular complexity index is 670. The maximum Gasteiger partial charge on any atom is 0.253 e. The van der Waals surface area contributed by atoms with E-state index in [4.69, 9.17) is 9.47 Å². The van der Waals surface area contributed by atoms with E-state index in [1.165, 1.54) is 0 Å². The number of ether oxygens (including phenoxy) is 2. The van der Waals surface area contributed by atoms with Crippen molar-refractivity contribution in [2.45, 2.75) is 13.5 Å². The van der Waals surface area contributed by atoms with Crippen LogP contribution in [0.3, 0.4) is 0 Å². The molecule has 0 aromatic heterocycles. The van der Waals surface area contributed by atoms with Crippen molar-refractivity contribution in [3.63, 3.8) is 0 Å². The topological polar surface area (TPSA) is 38.8 Å². The molecule has 4 nitrogen and oxygen atoms in total. The molecule has 2 aromatic carbocycles. The molecule has 0 bridgehead atoms. The van der Waals surface area contributed by atoms with Crippen molar-refractivity contribution in [3.8, 4) is 11.5 Å². The van der Waals surface area contributed by atoms with E-state index in [-0.39, 0.29) is 5.91 Å². The van der Waals surface area contributed by atoms with Crippen molar-refractivity contribution < 1.29 is 14.3 Å². The van der Waals surface area contributed by atoms with Crippen LogP contribution in [-0.4, -0.2) is 31.6 Å². The van der Waals surface area contributed by atoms with Crippen molar-refractivity contribution in [2.24, 2.45) is 0 Å². The second-order valence-corrected chi connectivity index (χ2v) is 6.00. The Balaban J connectivity index is 2.11. The Hall–Kier alpha value is -2.01. The predicted molar refractivity (Wildman–Crippen MR) is 94.1 cm³/mol. The molecule has 0 N–H and O–H groups in total. The molecule has 2 aromatic rings. The Morgan fingerprint density at radius 1 is 1.13 bits per heavy atom. The molecule has 2 rings (SSSR count). The van der Waals surface area contributed by atoms with Gasteiger partial charge in [0.05, 0.1) is 13.7 Å². The van der Waals surface area contributed by atoms with E-state index in [9.17, 15) is 4.79 Å². The highest BCUT2D eigenvalue weighted by Crippen LogP contribution is 2.28. The van der Waals surface area contributed by atoms with Crippen LogP contribution in [0.1, 0.15) is 22.8 Å². The Morgan fingerprint density at radius 3 is 2.43 bits per heavy atom. The van der Waals surface area contributed by atoms with Gasteiger partial charge < -0.3 is 14.4 Å². The molecule has 0 saturated carbocycles. The van der Waals surface area contributed by atoms with Crippen LogP contribution in [0.2, 0.25) is 0 Å². The van der Waals surface area contributed by atoms with Gasteiger partial charge in [-0.15, -0.1) is 0 Å². The maximum atomic E-state index is 12.4. The first-order chi connectivity index (χ1) is 11.0. The van der Waals surface area contributed by atoms with Crippen LogP contribution in [0.4, 0.5) is 0 Å².